The molecule has 1 N–H and O–H groups in total. The van der Waals surface area contributed by atoms with Gasteiger partial charge in [-0.1, -0.05) is 0 Å². The van der Waals surface area contributed by atoms with Crippen molar-refractivity contribution >= 4 is 23.2 Å². The summed E-state index contributed by atoms with van der Waals surface area (Å²) < 4.78 is 0. The molecule has 6 heteroatoms. The van der Waals surface area contributed by atoms with Gasteiger partial charge in [-0.3, -0.25) is 4.79 Å². The first-order valence-electron chi connectivity index (χ1n) is 5.09. The van der Waals surface area contributed by atoms with Gasteiger partial charge in [0.2, 0.25) is 0 Å². The largest absolute Gasteiger partial charge is 0.477 e. The number of thiophene rings is 1. The van der Waals surface area contributed by atoms with Crippen molar-refractivity contribution in [3.63, 3.8) is 0 Å². The Morgan fingerprint density at radius 1 is 1.47 bits per heavy atom. The predicted octanol–water partition coefficient (Wildman–Crippen LogP) is 1.82. The zero-order valence-electron chi connectivity index (χ0n) is 9.34. The molecule has 5 nitrogen and oxygen atoms in total. The molecular formula is C11H12N2O3S. The van der Waals surface area contributed by atoms with E-state index >= 15 is 0 Å². The Morgan fingerprint density at radius 3 is 2.59 bits per heavy atom. The highest BCUT2D eigenvalue weighted by Gasteiger charge is 2.17. The standard InChI is InChI=1S/C11H12N2O3S/c1-2-13(7-3-6-12)10(14)8-4-5-9(17-8)11(15)16/h4-5H,2-3,7H2,1H3,(H,15,16). The van der Waals surface area contributed by atoms with Gasteiger partial charge < -0.3 is 10.0 Å². The number of aromatic carboxylic acids is 1. The van der Waals surface area contributed by atoms with E-state index in [4.69, 9.17) is 10.4 Å². The summed E-state index contributed by atoms with van der Waals surface area (Å²) in [6.07, 6.45) is 0.275. The first kappa shape index (κ1) is 13.2. The monoisotopic (exact) mass is 252 g/mol. The Balaban J connectivity index is 2.79. The van der Waals surface area contributed by atoms with Crippen molar-refractivity contribution in [3.8, 4) is 6.07 Å². The predicted molar refractivity (Wildman–Crippen MR) is 63.1 cm³/mol. The second-order valence-corrected chi connectivity index (χ2v) is 4.35. The lowest BCUT2D eigenvalue weighted by Gasteiger charge is -2.18. The normalized spacial score (nSPS) is 9.65. The van der Waals surface area contributed by atoms with Crippen LogP contribution in [0.4, 0.5) is 0 Å². The van der Waals surface area contributed by atoms with E-state index in [1.54, 1.807) is 0 Å². The molecule has 17 heavy (non-hydrogen) atoms. The fourth-order valence-corrected chi connectivity index (χ4v) is 2.12. The number of hydrogen-bond donors (Lipinski definition) is 1. The van der Waals surface area contributed by atoms with Crippen LogP contribution in [-0.2, 0) is 0 Å². The molecule has 0 bridgehead atoms. The van der Waals surface area contributed by atoms with Crippen LogP contribution in [0.2, 0.25) is 0 Å². The molecule has 1 amide bonds. The molecule has 0 aliphatic rings. The second-order valence-electron chi connectivity index (χ2n) is 3.26. The van der Waals surface area contributed by atoms with E-state index in [1.807, 2.05) is 13.0 Å². The molecule has 0 radical (unpaired) electrons. The molecule has 1 heterocycles. The number of hydrogen-bond acceptors (Lipinski definition) is 4. The number of carbonyl (C=O) groups excluding carboxylic acids is 1. The van der Waals surface area contributed by atoms with Crippen LogP contribution in [0.15, 0.2) is 12.1 Å². The first-order chi connectivity index (χ1) is 8.10. The Bertz CT molecular complexity index is 462. The summed E-state index contributed by atoms with van der Waals surface area (Å²) in [4.78, 5) is 24.7. The quantitative estimate of drug-likeness (QED) is 0.866. The minimum absolute atomic E-state index is 0.143. The third-order valence-electron chi connectivity index (χ3n) is 2.19. The Labute approximate surface area is 103 Å². The van der Waals surface area contributed by atoms with Crippen molar-refractivity contribution in [1.29, 1.82) is 5.26 Å². The van der Waals surface area contributed by atoms with E-state index in [-0.39, 0.29) is 17.2 Å². The SMILES string of the molecule is CCN(CCC#N)C(=O)c1ccc(C(=O)O)s1. The van der Waals surface area contributed by atoms with Gasteiger partial charge in [-0.05, 0) is 19.1 Å². The molecule has 1 aromatic heterocycles. The maximum Gasteiger partial charge on any atom is 0.345 e. The summed E-state index contributed by atoms with van der Waals surface area (Å²) >= 11 is 0.953. The fourth-order valence-electron chi connectivity index (χ4n) is 1.31. The van der Waals surface area contributed by atoms with E-state index in [9.17, 15) is 9.59 Å². The van der Waals surface area contributed by atoms with Crippen LogP contribution in [0.25, 0.3) is 0 Å². The average Bonchev–Trinajstić information content (AvgIpc) is 2.79. The molecule has 1 rings (SSSR count). The minimum atomic E-state index is -1.03. The average molecular weight is 252 g/mol. The first-order valence-corrected chi connectivity index (χ1v) is 5.91. The van der Waals surface area contributed by atoms with Gasteiger partial charge in [-0.25, -0.2) is 4.79 Å². The molecule has 0 saturated carbocycles. The number of nitrogens with zero attached hydrogens (tertiary/aromatic N) is 2. The van der Waals surface area contributed by atoms with Gasteiger partial charge >= 0.3 is 5.97 Å². The third kappa shape index (κ3) is 3.29. The molecule has 90 valence electrons. The summed E-state index contributed by atoms with van der Waals surface area (Å²) in [6.45, 7) is 2.69. The van der Waals surface area contributed by atoms with E-state index in [0.29, 0.717) is 18.0 Å². The summed E-state index contributed by atoms with van der Waals surface area (Å²) in [7, 11) is 0. The van der Waals surface area contributed by atoms with Crippen LogP contribution in [0.3, 0.4) is 0 Å². The van der Waals surface area contributed by atoms with Gasteiger partial charge in [-0.15, -0.1) is 11.3 Å². The number of carbonyl (C=O) groups is 2. The van der Waals surface area contributed by atoms with E-state index < -0.39 is 5.97 Å². The zero-order valence-corrected chi connectivity index (χ0v) is 10.2. The lowest BCUT2D eigenvalue weighted by molar-refractivity contribution is 0.0701. The van der Waals surface area contributed by atoms with Gasteiger partial charge in [0.05, 0.1) is 17.4 Å². The lowest BCUT2D eigenvalue weighted by atomic mass is 10.3. The third-order valence-corrected chi connectivity index (χ3v) is 3.25. The highest BCUT2D eigenvalue weighted by molar-refractivity contribution is 7.15. The molecule has 0 aliphatic carbocycles. The van der Waals surface area contributed by atoms with Crippen molar-refractivity contribution in [2.75, 3.05) is 13.1 Å². The lowest BCUT2D eigenvalue weighted by Crippen LogP contribution is -2.31. The number of carboxylic acids is 1. The Hall–Kier alpha value is -1.87. The number of rotatable bonds is 5. The van der Waals surface area contributed by atoms with Crippen LogP contribution in [0, 0.1) is 11.3 Å². The van der Waals surface area contributed by atoms with Crippen molar-refractivity contribution in [2.45, 2.75) is 13.3 Å². The molecule has 0 unspecified atom stereocenters. The van der Waals surface area contributed by atoms with E-state index in [1.165, 1.54) is 17.0 Å². The van der Waals surface area contributed by atoms with Crippen molar-refractivity contribution in [3.05, 3.63) is 21.9 Å². The van der Waals surface area contributed by atoms with Crippen molar-refractivity contribution in [2.24, 2.45) is 0 Å². The van der Waals surface area contributed by atoms with E-state index in [2.05, 4.69) is 0 Å². The molecule has 0 spiro atoms. The van der Waals surface area contributed by atoms with Gasteiger partial charge in [0.1, 0.15) is 4.88 Å². The molecule has 0 saturated heterocycles. The maximum atomic E-state index is 12.0. The number of amides is 1. The summed E-state index contributed by atoms with van der Waals surface area (Å²) in [5, 5.41) is 17.2. The molecule has 0 fully saturated rings. The second kappa shape index (κ2) is 6.01. The van der Waals surface area contributed by atoms with Gasteiger partial charge in [0, 0.05) is 13.1 Å². The highest BCUT2D eigenvalue weighted by Crippen LogP contribution is 2.18. The maximum absolute atomic E-state index is 12.0. The summed E-state index contributed by atoms with van der Waals surface area (Å²) in [5.41, 5.74) is 0. The molecule has 0 atom stereocenters. The summed E-state index contributed by atoms with van der Waals surface area (Å²) in [6, 6.07) is 4.90. The smallest absolute Gasteiger partial charge is 0.345 e. The van der Waals surface area contributed by atoms with E-state index in [0.717, 1.165) is 11.3 Å². The summed E-state index contributed by atoms with van der Waals surface area (Å²) in [5.74, 6) is -1.26. The van der Waals surface area contributed by atoms with Crippen LogP contribution < -0.4 is 0 Å². The van der Waals surface area contributed by atoms with Crippen LogP contribution >= 0.6 is 11.3 Å². The minimum Gasteiger partial charge on any atom is -0.477 e. The molecule has 0 aromatic carbocycles. The Morgan fingerprint density at radius 2 is 2.12 bits per heavy atom. The van der Waals surface area contributed by atoms with Gasteiger partial charge in [0.25, 0.3) is 5.91 Å². The Kier molecular flexibility index (Phi) is 4.67. The zero-order chi connectivity index (χ0) is 12.8. The molecule has 0 aliphatic heterocycles. The van der Waals surface area contributed by atoms with Crippen LogP contribution in [-0.4, -0.2) is 35.0 Å². The fraction of sp³-hybridized carbons (Fsp3) is 0.364. The molecular weight excluding hydrogens is 240 g/mol. The van der Waals surface area contributed by atoms with Crippen LogP contribution in [0.5, 0.6) is 0 Å². The van der Waals surface area contributed by atoms with Gasteiger partial charge in [-0.2, -0.15) is 5.26 Å². The number of nitriles is 1. The van der Waals surface area contributed by atoms with Gasteiger partial charge in [0.15, 0.2) is 0 Å². The topological polar surface area (TPSA) is 81.4 Å². The van der Waals surface area contributed by atoms with Crippen LogP contribution in [0.1, 0.15) is 32.7 Å². The van der Waals surface area contributed by atoms with Crippen molar-refractivity contribution < 1.29 is 14.7 Å². The number of carboxylic acid groups (broad SMARTS) is 1. The van der Waals surface area contributed by atoms with Crippen molar-refractivity contribution in [1.82, 2.24) is 4.90 Å². The highest BCUT2D eigenvalue weighted by atomic mass is 32.1. The molecule has 1 aromatic rings.